The van der Waals surface area contributed by atoms with Crippen LogP contribution in [0.5, 0.6) is 6.01 Å². The number of rotatable bonds is 3. The lowest BCUT2D eigenvalue weighted by Crippen LogP contribution is -2.00. The van der Waals surface area contributed by atoms with Crippen LogP contribution in [0.3, 0.4) is 0 Å². The summed E-state index contributed by atoms with van der Waals surface area (Å²) >= 11 is 5.50. The minimum atomic E-state index is -0.0400. The second kappa shape index (κ2) is 3.88. The Bertz CT molecular complexity index is 237. The minimum absolute atomic E-state index is 0.0400. The highest BCUT2D eigenvalue weighted by Crippen LogP contribution is 2.06. The third-order valence-electron chi connectivity index (χ3n) is 0.877. The van der Waals surface area contributed by atoms with E-state index in [-0.39, 0.29) is 12.6 Å². The van der Waals surface area contributed by atoms with Crippen molar-refractivity contribution in [1.29, 1.82) is 0 Å². The summed E-state index contributed by atoms with van der Waals surface area (Å²) in [5, 5.41) is 0.434. The summed E-state index contributed by atoms with van der Waals surface area (Å²) in [5.74, 6) is 0. The molecule has 4 nitrogen and oxygen atoms in total. The van der Waals surface area contributed by atoms with E-state index in [1.165, 1.54) is 12.4 Å². The zero-order valence-corrected chi connectivity index (χ0v) is 6.28. The Balaban J connectivity index is 2.58. The molecule has 0 fully saturated rings. The molecule has 58 valence electrons. The fraction of sp³-hybridized carbons (Fsp3) is 0.167. The molecule has 0 aliphatic carbocycles. The summed E-state index contributed by atoms with van der Waals surface area (Å²) in [5.41, 5.74) is 0. The number of nitrogens with zero attached hydrogens (tertiary/aromatic N) is 2. The summed E-state index contributed by atoms with van der Waals surface area (Å²) < 4.78 is 4.76. The van der Waals surface area contributed by atoms with E-state index in [4.69, 9.17) is 16.3 Å². The predicted molar refractivity (Wildman–Crippen MR) is 38.6 cm³/mol. The van der Waals surface area contributed by atoms with Crippen LogP contribution in [-0.4, -0.2) is 22.9 Å². The predicted octanol–water partition coefficient (Wildman–Crippen LogP) is 0.708. The van der Waals surface area contributed by atoms with Crippen molar-refractivity contribution >= 4 is 17.9 Å². The van der Waals surface area contributed by atoms with Crippen LogP contribution in [-0.2, 0) is 4.79 Å². The number of halogens is 1. The number of carbonyl (C=O) groups is 1. The number of ether oxygens (including phenoxy) is 1. The highest BCUT2D eigenvalue weighted by Gasteiger charge is 1.94. The Morgan fingerprint density at radius 2 is 2.18 bits per heavy atom. The second-order valence-corrected chi connectivity index (χ2v) is 2.10. The molecule has 0 aliphatic heterocycles. The van der Waals surface area contributed by atoms with E-state index in [1.54, 1.807) is 0 Å². The lowest BCUT2D eigenvalue weighted by atomic mass is 10.7. The molecule has 0 bridgehead atoms. The van der Waals surface area contributed by atoms with Gasteiger partial charge in [0.15, 0.2) is 6.29 Å². The van der Waals surface area contributed by atoms with E-state index in [0.29, 0.717) is 11.3 Å². The molecule has 1 rings (SSSR count). The maximum atomic E-state index is 9.84. The van der Waals surface area contributed by atoms with Crippen molar-refractivity contribution in [2.75, 3.05) is 6.61 Å². The molecule has 0 atom stereocenters. The molecule has 1 aromatic rings. The molecule has 1 aromatic heterocycles. The van der Waals surface area contributed by atoms with Crippen molar-refractivity contribution in [1.82, 2.24) is 9.97 Å². The number of carbonyl (C=O) groups excluding carboxylic acids is 1. The molecule has 1 heterocycles. The lowest BCUT2D eigenvalue weighted by Gasteiger charge is -1.96. The van der Waals surface area contributed by atoms with Gasteiger partial charge in [-0.25, -0.2) is 9.97 Å². The van der Waals surface area contributed by atoms with Crippen LogP contribution >= 0.6 is 11.6 Å². The molecule has 0 unspecified atom stereocenters. The average molecular weight is 173 g/mol. The van der Waals surface area contributed by atoms with E-state index >= 15 is 0 Å². The van der Waals surface area contributed by atoms with E-state index in [1.807, 2.05) is 0 Å². The first kappa shape index (κ1) is 7.94. The molecule has 0 amide bonds. The van der Waals surface area contributed by atoms with Gasteiger partial charge in [0.1, 0.15) is 6.61 Å². The zero-order valence-electron chi connectivity index (χ0n) is 5.53. The van der Waals surface area contributed by atoms with Crippen LogP contribution in [0, 0.1) is 0 Å². The molecule has 11 heavy (non-hydrogen) atoms. The van der Waals surface area contributed by atoms with Crippen LogP contribution in [0.2, 0.25) is 5.02 Å². The molecule has 0 aliphatic rings. The fourth-order valence-electron chi connectivity index (χ4n) is 0.484. The fourth-order valence-corrected chi connectivity index (χ4v) is 0.581. The lowest BCUT2D eigenvalue weighted by molar-refractivity contribution is -0.109. The van der Waals surface area contributed by atoms with Gasteiger partial charge in [0.05, 0.1) is 17.4 Å². The first-order chi connectivity index (χ1) is 5.33. The van der Waals surface area contributed by atoms with Crippen LogP contribution in [0.25, 0.3) is 0 Å². The summed E-state index contributed by atoms with van der Waals surface area (Å²) in [6, 6.07) is 0.154. The van der Waals surface area contributed by atoms with Crippen molar-refractivity contribution in [3.05, 3.63) is 17.4 Å². The molecule has 0 spiro atoms. The standard InChI is InChI=1S/C6H5ClN2O2/c7-5-3-8-6(9-4-5)11-2-1-10/h1,3-4H,2H2. The van der Waals surface area contributed by atoms with E-state index in [0.717, 1.165) is 0 Å². The maximum absolute atomic E-state index is 9.84. The molecular weight excluding hydrogens is 168 g/mol. The van der Waals surface area contributed by atoms with Gasteiger partial charge in [0.2, 0.25) is 0 Å². The van der Waals surface area contributed by atoms with E-state index in [9.17, 15) is 4.79 Å². The van der Waals surface area contributed by atoms with E-state index < -0.39 is 0 Å². The zero-order chi connectivity index (χ0) is 8.10. The summed E-state index contributed by atoms with van der Waals surface area (Å²) in [6.45, 7) is -0.0400. The molecule has 0 aromatic carbocycles. The Morgan fingerprint density at radius 3 is 2.73 bits per heavy atom. The van der Waals surface area contributed by atoms with Gasteiger partial charge in [-0.2, -0.15) is 0 Å². The second-order valence-electron chi connectivity index (χ2n) is 1.66. The Hall–Kier alpha value is -1.16. The van der Waals surface area contributed by atoms with E-state index in [2.05, 4.69) is 9.97 Å². The Kier molecular flexibility index (Phi) is 2.80. The van der Waals surface area contributed by atoms with Crippen LogP contribution in [0.4, 0.5) is 0 Å². The van der Waals surface area contributed by atoms with Crippen molar-refractivity contribution in [3.8, 4) is 6.01 Å². The summed E-state index contributed by atoms with van der Waals surface area (Å²) in [7, 11) is 0. The first-order valence-electron chi connectivity index (χ1n) is 2.87. The van der Waals surface area contributed by atoms with Gasteiger partial charge in [0.25, 0.3) is 0 Å². The van der Waals surface area contributed by atoms with Gasteiger partial charge in [-0.3, -0.25) is 4.79 Å². The van der Waals surface area contributed by atoms with Crippen molar-refractivity contribution in [3.63, 3.8) is 0 Å². The van der Waals surface area contributed by atoms with Gasteiger partial charge in [-0.1, -0.05) is 11.6 Å². The molecule has 0 radical (unpaired) electrons. The topological polar surface area (TPSA) is 52.1 Å². The largest absolute Gasteiger partial charge is 0.456 e. The van der Waals surface area contributed by atoms with Crippen molar-refractivity contribution in [2.24, 2.45) is 0 Å². The molecule has 0 saturated carbocycles. The smallest absolute Gasteiger partial charge is 0.316 e. The number of aromatic nitrogens is 2. The average Bonchev–Trinajstić information content (AvgIpc) is 2.04. The highest BCUT2D eigenvalue weighted by molar-refractivity contribution is 6.30. The third-order valence-corrected chi connectivity index (χ3v) is 1.07. The van der Waals surface area contributed by atoms with Gasteiger partial charge < -0.3 is 4.74 Å². The van der Waals surface area contributed by atoms with Gasteiger partial charge >= 0.3 is 6.01 Å². The SMILES string of the molecule is O=CCOc1ncc(Cl)cn1. The molecule has 0 saturated heterocycles. The normalized spacial score (nSPS) is 9.18. The summed E-state index contributed by atoms with van der Waals surface area (Å²) in [6.07, 6.45) is 3.42. The van der Waals surface area contributed by atoms with Gasteiger partial charge in [-0.05, 0) is 0 Å². The van der Waals surface area contributed by atoms with Crippen molar-refractivity contribution < 1.29 is 9.53 Å². The first-order valence-corrected chi connectivity index (χ1v) is 3.24. The quantitative estimate of drug-likeness (QED) is 0.630. The molecule has 0 N–H and O–H groups in total. The number of hydrogen-bond acceptors (Lipinski definition) is 4. The number of aldehydes is 1. The Labute approximate surface area is 68.2 Å². The van der Waals surface area contributed by atoms with Gasteiger partial charge in [0, 0.05) is 0 Å². The molecular formula is C6H5ClN2O2. The highest BCUT2D eigenvalue weighted by atomic mass is 35.5. The van der Waals surface area contributed by atoms with Crippen LogP contribution in [0.15, 0.2) is 12.4 Å². The Morgan fingerprint density at radius 1 is 1.55 bits per heavy atom. The van der Waals surface area contributed by atoms with Crippen molar-refractivity contribution in [2.45, 2.75) is 0 Å². The van der Waals surface area contributed by atoms with Crippen LogP contribution < -0.4 is 4.74 Å². The number of hydrogen-bond donors (Lipinski definition) is 0. The minimum Gasteiger partial charge on any atom is -0.456 e. The maximum Gasteiger partial charge on any atom is 0.316 e. The third kappa shape index (κ3) is 2.51. The van der Waals surface area contributed by atoms with Crippen LogP contribution in [0.1, 0.15) is 0 Å². The summed E-state index contributed by atoms with van der Waals surface area (Å²) in [4.78, 5) is 17.2. The van der Waals surface area contributed by atoms with Gasteiger partial charge in [-0.15, -0.1) is 0 Å². The molecule has 5 heteroatoms. The monoisotopic (exact) mass is 172 g/mol.